The topological polar surface area (TPSA) is 118 Å². The number of carbonyl (C=O) groups is 3. The second-order valence-corrected chi connectivity index (χ2v) is 8.26. The number of hydrogen-bond acceptors (Lipinski definition) is 5. The molecular weight excluding hydrogens is 414 g/mol. The maximum Gasteiger partial charge on any atom is 0.303 e. The van der Waals surface area contributed by atoms with Gasteiger partial charge in [0.2, 0.25) is 5.91 Å². The van der Waals surface area contributed by atoms with Crippen molar-refractivity contribution >= 4 is 23.5 Å². The molecule has 2 aromatic rings. The molecule has 0 radical (unpaired) electrons. The molecule has 1 aromatic carbocycles. The number of nitrogens with one attached hydrogen (secondary N) is 1. The second kappa shape index (κ2) is 8.86. The Hall–Kier alpha value is -3.62. The highest BCUT2D eigenvalue weighted by Gasteiger charge is 2.36. The van der Waals surface area contributed by atoms with E-state index in [2.05, 4.69) is 5.32 Å². The molecule has 2 aliphatic heterocycles. The minimum atomic E-state index is -0.989. The highest BCUT2D eigenvalue weighted by atomic mass is 16.5. The average Bonchev–Trinajstić information content (AvgIpc) is 2.79. The lowest BCUT2D eigenvalue weighted by molar-refractivity contribution is -0.141. The lowest BCUT2D eigenvalue weighted by Gasteiger charge is -2.43. The first-order valence-corrected chi connectivity index (χ1v) is 10.5. The van der Waals surface area contributed by atoms with E-state index in [1.165, 1.54) is 0 Å². The van der Waals surface area contributed by atoms with Gasteiger partial charge in [0.05, 0.1) is 13.5 Å². The Balaban J connectivity index is 1.50. The number of carboxylic acid groups (broad SMARTS) is 1. The number of fused-ring (bicyclic) bond motifs is 4. The first kappa shape index (κ1) is 21.6. The van der Waals surface area contributed by atoms with Crippen molar-refractivity contribution in [3.63, 3.8) is 0 Å². The van der Waals surface area contributed by atoms with Gasteiger partial charge in [-0.05, 0) is 48.7 Å². The summed E-state index contributed by atoms with van der Waals surface area (Å²) in [5, 5.41) is 11.5. The molecule has 9 heteroatoms. The number of hydrogen-bond donors (Lipinski definition) is 2. The van der Waals surface area contributed by atoms with Crippen molar-refractivity contribution in [2.24, 2.45) is 5.92 Å². The number of amides is 2. The molecule has 2 unspecified atom stereocenters. The Labute approximate surface area is 184 Å². The van der Waals surface area contributed by atoms with E-state index in [0.29, 0.717) is 30.9 Å². The summed E-state index contributed by atoms with van der Waals surface area (Å²) in [5.41, 5.74) is 1.21. The van der Waals surface area contributed by atoms with Crippen LogP contribution in [0.25, 0.3) is 0 Å². The second-order valence-electron chi connectivity index (χ2n) is 8.26. The molecule has 3 heterocycles. The molecule has 32 heavy (non-hydrogen) atoms. The Bertz CT molecular complexity index is 1110. The van der Waals surface area contributed by atoms with Gasteiger partial charge in [0.1, 0.15) is 11.4 Å². The third-order valence-corrected chi connectivity index (χ3v) is 6.11. The van der Waals surface area contributed by atoms with Gasteiger partial charge in [0.25, 0.3) is 11.5 Å². The van der Waals surface area contributed by atoms with Gasteiger partial charge >= 0.3 is 5.97 Å². The largest absolute Gasteiger partial charge is 0.497 e. The summed E-state index contributed by atoms with van der Waals surface area (Å²) in [4.78, 5) is 50.5. The zero-order valence-electron chi connectivity index (χ0n) is 17.7. The van der Waals surface area contributed by atoms with Crippen molar-refractivity contribution in [1.82, 2.24) is 9.47 Å². The molecular formula is C23H25N3O6. The number of ether oxygens (including phenoxy) is 1. The molecule has 4 rings (SSSR count). The van der Waals surface area contributed by atoms with Gasteiger partial charge in [0, 0.05) is 43.2 Å². The maximum atomic E-state index is 13.1. The van der Waals surface area contributed by atoms with Gasteiger partial charge < -0.3 is 24.6 Å². The third kappa shape index (κ3) is 4.37. The van der Waals surface area contributed by atoms with Gasteiger partial charge in [-0.25, -0.2) is 0 Å². The number of anilines is 1. The van der Waals surface area contributed by atoms with E-state index in [1.807, 2.05) is 6.07 Å². The zero-order chi connectivity index (χ0) is 22.8. The summed E-state index contributed by atoms with van der Waals surface area (Å²) in [6.45, 7) is 1.43. The summed E-state index contributed by atoms with van der Waals surface area (Å²) >= 11 is 0. The predicted molar refractivity (Wildman–Crippen MR) is 116 cm³/mol. The molecule has 2 amide bonds. The van der Waals surface area contributed by atoms with E-state index in [1.54, 1.807) is 46.9 Å². The van der Waals surface area contributed by atoms with E-state index >= 15 is 0 Å². The number of carboxylic acids is 1. The van der Waals surface area contributed by atoms with Crippen molar-refractivity contribution in [2.75, 3.05) is 25.5 Å². The fraction of sp³-hybridized carbons (Fsp3) is 0.391. The molecule has 2 atom stereocenters. The number of piperidine rings is 1. The third-order valence-electron chi connectivity index (χ3n) is 6.11. The number of aromatic nitrogens is 1. The Morgan fingerprint density at radius 2 is 1.81 bits per heavy atom. The Morgan fingerprint density at radius 1 is 1.06 bits per heavy atom. The first-order valence-electron chi connectivity index (χ1n) is 10.5. The van der Waals surface area contributed by atoms with Crippen molar-refractivity contribution in [1.29, 1.82) is 0 Å². The summed E-state index contributed by atoms with van der Waals surface area (Å²) in [7, 11) is 1.55. The highest BCUT2D eigenvalue weighted by Crippen LogP contribution is 2.35. The number of nitrogens with zero attached hydrogens (tertiary/aromatic N) is 2. The van der Waals surface area contributed by atoms with Crippen LogP contribution in [0, 0.1) is 5.92 Å². The number of methoxy groups -OCH3 is 1. The average molecular weight is 439 g/mol. The number of rotatable bonds is 6. The number of aliphatic carboxylic acids is 1. The van der Waals surface area contributed by atoms with Gasteiger partial charge in [0.15, 0.2) is 0 Å². The molecule has 0 saturated carbocycles. The fourth-order valence-corrected chi connectivity index (χ4v) is 4.55. The predicted octanol–water partition coefficient (Wildman–Crippen LogP) is 1.92. The molecule has 0 spiro atoms. The van der Waals surface area contributed by atoms with E-state index < -0.39 is 5.97 Å². The van der Waals surface area contributed by atoms with Crippen LogP contribution in [0.3, 0.4) is 0 Å². The molecule has 1 fully saturated rings. The van der Waals surface area contributed by atoms with E-state index in [4.69, 9.17) is 9.84 Å². The fourth-order valence-electron chi connectivity index (χ4n) is 4.55. The van der Waals surface area contributed by atoms with Crippen molar-refractivity contribution < 1.29 is 24.2 Å². The quantitative estimate of drug-likeness (QED) is 0.710. The number of pyridine rings is 1. The Morgan fingerprint density at radius 3 is 2.50 bits per heavy atom. The van der Waals surface area contributed by atoms with Crippen LogP contribution >= 0.6 is 0 Å². The van der Waals surface area contributed by atoms with Crippen LogP contribution < -0.4 is 15.6 Å². The minimum absolute atomic E-state index is 0.00955. The number of carbonyl (C=O) groups excluding carboxylic acids is 2. The van der Waals surface area contributed by atoms with Crippen LogP contribution in [0.15, 0.2) is 41.2 Å². The van der Waals surface area contributed by atoms with Gasteiger partial charge in [-0.1, -0.05) is 0 Å². The minimum Gasteiger partial charge on any atom is -0.497 e. The summed E-state index contributed by atoms with van der Waals surface area (Å²) in [6, 6.07) is 10.1. The smallest absolute Gasteiger partial charge is 0.303 e. The molecule has 9 nitrogen and oxygen atoms in total. The monoisotopic (exact) mass is 439 g/mol. The Kier molecular flexibility index (Phi) is 5.98. The summed E-state index contributed by atoms with van der Waals surface area (Å²) in [5.74, 6) is -0.775. The van der Waals surface area contributed by atoms with Crippen molar-refractivity contribution in [3.8, 4) is 5.75 Å². The van der Waals surface area contributed by atoms with Gasteiger partial charge in [-0.3, -0.25) is 19.2 Å². The van der Waals surface area contributed by atoms with Crippen molar-refractivity contribution in [3.05, 3.63) is 58.0 Å². The SMILES string of the molecule is COc1ccc(C(=O)Nc2ccc3n(c2=O)CC2CC3CN(C(=O)CCC(=O)O)C2)cc1. The van der Waals surface area contributed by atoms with E-state index in [-0.39, 0.29) is 47.7 Å². The van der Waals surface area contributed by atoms with Gasteiger partial charge in [-0.2, -0.15) is 0 Å². The molecule has 168 valence electrons. The zero-order valence-corrected chi connectivity index (χ0v) is 17.7. The molecule has 2 N–H and O–H groups in total. The summed E-state index contributed by atoms with van der Waals surface area (Å²) < 4.78 is 6.79. The lowest BCUT2D eigenvalue weighted by atomic mass is 9.83. The van der Waals surface area contributed by atoms with E-state index in [0.717, 1.165) is 12.1 Å². The summed E-state index contributed by atoms with van der Waals surface area (Å²) in [6.07, 6.45) is 0.676. The number of benzene rings is 1. The normalized spacial score (nSPS) is 19.1. The van der Waals surface area contributed by atoms with Crippen LogP contribution in [0.4, 0.5) is 5.69 Å². The van der Waals surface area contributed by atoms with Crippen LogP contribution in [-0.2, 0) is 16.1 Å². The van der Waals surface area contributed by atoms with Gasteiger partial charge in [-0.15, -0.1) is 0 Å². The highest BCUT2D eigenvalue weighted by molar-refractivity contribution is 6.04. The maximum absolute atomic E-state index is 13.1. The van der Waals surface area contributed by atoms with Crippen LogP contribution in [0.5, 0.6) is 5.75 Å². The molecule has 2 aliphatic rings. The first-order chi connectivity index (χ1) is 15.4. The lowest BCUT2D eigenvalue weighted by Crippen LogP contribution is -2.49. The molecule has 1 aromatic heterocycles. The standard InChI is InChI=1S/C23H25N3O6/c1-32-17-4-2-15(3-5-17)22(30)24-18-6-7-19-16-10-14(12-26(19)23(18)31)11-25(13-16)20(27)8-9-21(28)29/h2-7,14,16H,8-13H2,1H3,(H,24,30)(H,28,29). The molecule has 0 aliphatic carbocycles. The van der Waals surface area contributed by atoms with Crippen molar-refractivity contribution in [2.45, 2.75) is 31.7 Å². The van der Waals surface area contributed by atoms with Crippen LogP contribution in [0.2, 0.25) is 0 Å². The van der Waals surface area contributed by atoms with Crippen LogP contribution in [0.1, 0.15) is 41.2 Å². The number of likely N-dealkylation sites (tertiary alicyclic amines) is 1. The molecule has 1 saturated heterocycles. The van der Waals surface area contributed by atoms with E-state index in [9.17, 15) is 19.2 Å². The van der Waals surface area contributed by atoms with Crippen LogP contribution in [-0.4, -0.2) is 52.6 Å². The molecule has 2 bridgehead atoms.